The van der Waals surface area contributed by atoms with Gasteiger partial charge in [0.15, 0.2) is 16.4 Å². The minimum absolute atomic E-state index is 0.310. The zero-order chi connectivity index (χ0) is 12.2. The summed E-state index contributed by atoms with van der Waals surface area (Å²) in [6.45, 7) is 1.88. The molecule has 1 fully saturated rings. The fraction of sp³-hybridized carbons (Fsp3) is 0.500. The minimum atomic E-state index is -1.66. The highest BCUT2D eigenvalue weighted by Crippen LogP contribution is 2.41. The van der Waals surface area contributed by atoms with Crippen molar-refractivity contribution in [3.8, 4) is 0 Å². The molecule has 1 saturated carbocycles. The summed E-state index contributed by atoms with van der Waals surface area (Å²) in [7, 11) is 1.79. The van der Waals surface area contributed by atoms with Gasteiger partial charge in [0.25, 0.3) is 5.91 Å². The predicted octanol–water partition coefficient (Wildman–Crippen LogP) is 1.78. The summed E-state index contributed by atoms with van der Waals surface area (Å²) in [5.74, 6) is -0.581. The molecule has 17 heavy (non-hydrogen) atoms. The van der Waals surface area contributed by atoms with Crippen molar-refractivity contribution in [1.29, 1.82) is 0 Å². The van der Waals surface area contributed by atoms with Gasteiger partial charge in [-0.25, -0.2) is 14.1 Å². The predicted molar refractivity (Wildman–Crippen MR) is 62.8 cm³/mol. The summed E-state index contributed by atoms with van der Waals surface area (Å²) in [5.41, 5.74) is -0.0843. The topological polar surface area (TPSA) is 59.8 Å². The quantitative estimate of drug-likeness (QED) is 0.888. The summed E-state index contributed by atoms with van der Waals surface area (Å²) in [6, 6.07) is 0. The molecule has 7 heteroatoms. The average molecular weight is 254 g/mol. The van der Waals surface area contributed by atoms with Crippen molar-refractivity contribution in [2.45, 2.75) is 25.4 Å². The fourth-order valence-corrected chi connectivity index (χ4v) is 2.61. The molecule has 90 valence electrons. The van der Waals surface area contributed by atoms with Crippen LogP contribution in [0.4, 0.5) is 9.52 Å². The van der Waals surface area contributed by atoms with Crippen molar-refractivity contribution in [3.05, 3.63) is 5.69 Å². The largest absolute Gasteiger partial charge is 0.299 e. The standard InChI is InChI=1S/C10H11FN4OS/c1-5-6-7(15(2)14-5)12-9(17-6)13-8(16)10(11)3-4-10/h3-4H2,1-2H3,(H,12,13,16). The van der Waals surface area contributed by atoms with Crippen LogP contribution in [0, 0.1) is 6.92 Å². The van der Waals surface area contributed by atoms with E-state index < -0.39 is 11.6 Å². The monoisotopic (exact) mass is 254 g/mol. The number of fused-ring (bicyclic) bond motifs is 1. The maximum absolute atomic E-state index is 13.5. The third-order valence-electron chi connectivity index (χ3n) is 2.86. The van der Waals surface area contributed by atoms with Crippen LogP contribution in [-0.2, 0) is 11.8 Å². The van der Waals surface area contributed by atoms with Crippen molar-refractivity contribution >= 4 is 32.7 Å². The van der Waals surface area contributed by atoms with E-state index in [4.69, 9.17) is 0 Å². The van der Waals surface area contributed by atoms with Crippen LogP contribution in [0.1, 0.15) is 18.5 Å². The van der Waals surface area contributed by atoms with E-state index in [9.17, 15) is 9.18 Å². The van der Waals surface area contributed by atoms with Gasteiger partial charge >= 0.3 is 0 Å². The van der Waals surface area contributed by atoms with Crippen molar-refractivity contribution in [1.82, 2.24) is 14.8 Å². The Hall–Kier alpha value is -1.50. The number of carbonyl (C=O) groups is 1. The van der Waals surface area contributed by atoms with E-state index in [1.807, 2.05) is 6.92 Å². The molecule has 0 bridgehead atoms. The fourth-order valence-electron chi connectivity index (χ4n) is 1.68. The highest BCUT2D eigenvalue weighted by molar-refractivity contribution is 7.22. The average Bonchev–Trinajstić information content (AvgIpc) is 2.79. The molecule has 1 amide bonds. The SMILES string of the molecule is Cc1nn(C)c2nc(NC(=O)C3(F)CC3)sc12. The highest BCUT2D eigenvalue weighted by Gasteiger charge is 2.51. The van der Waals surface area contributed by atoms with Crippen LogP contribution in [0.3, 0.4) is 0 Å². The van der Waals surface area contributed by atoms with Gasteiger partial charge in [0, 0.05) is 7.05 Å². The maximum Gasteiger partial charge on any atom is 0.263 e. The number of nitrogens with zero attached hydrogens (tertiary/aromatic N) is 3. The normalized spacial score (nSPS) is 17.4. The number of hydrogen-bond acceptors (Lipinski definition) is 4. The Kier molecular flexibility index (Phi) is 2.04. The van der Waals surface area contributed by atoms with Gasteiger partial charge in [0.2, 0.25) is 0 Å². The molecule has 0 unspecified atom stereocenters. The highest BCUT2D eigenvalue weighted by atomic mass is 32.1. The zero-order valence-electron chi connectivity index (χ0n) is 9.45. The third-order valence-corrected chi connectivity index (χ3v) is 3.93. The van der Waals surface area contributed by atoms with Crippen molar-refractivity contribution in [2.75, 3.05) is 5.32 Å². The number of rotatable bonds is 2. The number of nitrogens with one attached hydrogen (secondary N) is 1. The summed E-state index contributed by atoms with van der Waals surface area (Å²) >= 11 is 1.32. The molecule has 1 N–H and O–H groups in total. The van der Waals surface area contributed by atoms with Crippen molar-refractivity contribution < 1.29 is 9.18 Å². The van der Waals surface area contributed by atoms with Gasteiger partial charge < -0.3 is 0 Å². The Morgan fingerprint density at radius 1 is 1.59 bits per heavy atom. The second-order valence-electron chi connectivity index (χ2n) is 4.30. The Balaban J connectivity index is 1.91. The van der Waals surface area contributed by atoms with E-state index in [1.54, 1.807) is 11.7 Å². The summed E-state index contributed by atoms with van der Waals surface area (Å²) in [6.07, 6.45) is 0.620. The van der Waals surface area contributed by atoms with Crippen molar-refractivity contribution in [2.24, 2.45) is 7.05 Å². The molecule has 1 aliphatic carbocycles. The maximum atomic E-state index is 13.5. The summed E-state index contributed by atoms with van der Waals surface area (Å²) in [5, 5.41) is 7.17. The van der Waals surface area contributed by atoms with Crippen LogP contribution < -0.4 is 5.32 Å². The van der Waals surface area contributed by atoms with Crippen LogP contribution in [-0.4, -0.2) is 26.3 Å². The second kappa shape index (κ2) is 3.25. The van der Waals surface area contributed by atoms with E-state index in [2.05, 4.69) is 15.4 Å². The Morgan fingerprint density at radius 3 is 2.88 bits per heavy atom. The van der Waals surface area contributed by atoms with E-state index >= 15 is 0 Å². The van der Waals surface area contributed by atoms with E-state index in [1.165, 1.54) is 11.3 Å². The van der Waals surface area contributed by atoms with E-state index in [-0.39, 0.29) is 0 Å². The van der Waals surface area contributed by atoms with Crippen LogP contribution in [0.15, 0.2) is 0 Å². The lowest BCUT2D eigenvalue weighted by molar-refractivity contribution is -0.122. The Morgan fingerprint density at radius 2 is 2.29 bits per heavy atom. The van der Waals surface area contributed by atoms with Crippen LogP contribution >= 0.6 is 11.3 Å². The molecule has 0 spiro atoms. The molecule has 1 aliphatic rings. The van der Waals surface area contributed by atoms with Gasteiger partial charge in [0.1, 0.15) is 0 Å². The number of thiazole rings is 1. The Labute approximate surface area is 101 Å². The van der Waals surface area contributed by atoms with Gasteiger partial charge in [-0.1, -0.05) is 11.3 Å². The first-order valence-corrected chi connectivity index (χ1v) is 6.12. The molecule has 3 rings (SSSR count). The van der Waals surface area contributed by atoms with Gasteiger partial charge in [-0.2, -0.15) is 5.10 Å². The molecule has 2 aromatic rings. The molecular formula is C10H11FN4OS. The first-order chi connectivity index (χ1) is 7.99. The van der Waals surface area contributed by atoms with Crippen LogP contribution in [0.25, 0.3) is 10.3 Å². The molecular weight excluding hydrogens is 243 g/mol. The Bertz CT molecular complexity index is 579. The number of anilines is 1. The number of carbonyl (C=O) groups excluding carboxylic acids is 1. The second-order valence-corrected chi connectivity index (χ2v) is 5.30. The minimum Gasteiger partial charge on any atom is -0.299 e. The first kappa shape index (κ1) is 10.6. The molecule has 0 atom stereocenters. The van der Waals surface area contributed by atoms with Crippen molar-refractivity contribution in [3.63, 3.8) is 0 Å². The number of aromatic nitrogens is 3. The zero-order valence-corrected chi connectivity index (χ0v) is 10.3. The van der Waals surface area contributed by atoms with E-state index in [0.717, 1.165) is 10.4 Å². The van der Waals surface area contributed by atoms with Gasteiger partial charge in [-0.05, 0) is 19.8 Å². The first-order valence-electron chi connectivity index (χ1n) is 5.30. The number of hydrogen-bond donors (Lipinski definition) is 1. The molecule has 0 radical (unpaired) electrons. The smallest absolute Gasteiger partial charge is 0.263 e. The van der Waals surface area contributed by atoms with Gasteiger partial charge in [0.05, 0.1) is 10.4 Å². The number of alkyl halides is 1. The summed E-state index contributed by atoms with van der Waals surface area (Å²) < 4.78 is 16.0. The molecule has 0 aliphatic heterocycles. The lowest BCUT2D eigenvalue weighted by Gasteiger charge is -2.03. The molecule has 2 aromatic heterocycles. The number of aryl methyl sites for hydroxylation is 2. The molecule has 5 nitrogen and oxygen atoms in total. The summed E-state index contributed by atoms with van der Waals surface area (Å²) in [4.78, 5) is 15.8. The third kappa shape index (κ3) is 1.61. The molecule has 0 saturated heterocycles. The molecule has 2 heterocycles. The van der Waals surface area contributed by atoms with E-state index in [0.29, 0.717) is 23.6 Å². The lowest BCUT2D eigenvalue weighted by atomic mass is 10.3. The molecule has 0 aromatic carbocycles. The van der Waals surface area contributed by atoms with Gasteiger partial charge in [-0.3, -0.25) is 10.1 Å². The number of halogens is 1. The van der Waals surface area contributed by atoms with Crippen LogP contribution in [0.2, 0.25) is 0 Å². The lowest BCUT2D eigenvalue weighted by Crippen LogP contribution is -2.25. The van der Waals surface area contributed by atoms with Gasteiger partial charge in [-0.15, -0.1) is 0 Å². The van der Waals surface area contributed by atoms with Crippen LogP contribution in [0.5, 0.6) is 0 Å². The number of amides is 1.